The largest absolute Gasteiger partial charge is 0.507 e. The van der Waals surface area contributed by atoms with Crippen molar-refractivity contribution >= 4 is 21.4 Å². The van der Waals surface area contributed by atoms with Gasteiger partial charge in [0.05, 0.1) is 16.6 Å². The van der Waals surface area contributed by atoms with Crippen molar-refractivity contribution in [2.45, 2.75) is 69.7 Å². The third-order valence-electron chi connectivity index (χ3n) is 5.59. The fourth-order valence-corrected chi connectivity index (χ4v) is 4.42. The minimum atomic E-state index is -3.30. The molecule has 0 bridgehead atoms. The fourth-order valence-electron chi connectivity index (χ4n) is 3.79. The summed E-state index contributed by atoms with van der Waals surface area (Å²) in [5, 5.41) is 12.4. The summed E-state index contributed by atoms with van der Waals surface area (Å²) < 4.78 is 23.4. The molecule has 3 rings (SSSR count). The van der Waals surface area contributed by atoms with Crippen molar-refractivity contribution in [2.24, 2.45) is 0 Å². The van der Waals surface area contributed by atoms with Gasteiger partial charge in [-0.3, -0.25) is 4.79 Å². The number of carbonyl (C=O) groups is 1. The number of nitrogens with zero attached hydrogens (tertiary/aromatic N) is 1. The van der Waals surface area contributed by atoms with E-state index < -0.39 is 9.84 Å². The number of benzene rings is 2. The molecule has 0 saturated carbocycles. The van der Waals surface area contributed by atoms with Gasteiger partial charge in [0, 0.05) is 12.7 Å². The van der Waals surface area contributed by atoms with E-state index in [0.29, 0.717) is 11.4 Å². The van der Waals surface area contributed by atoms with Gasteiger partial charge in [0.1, 0.15) is 5.75 Å². The second-order valence-electron chi connectivity index (χ2n) is 10.3. The summed E-state index contributed by atoms with van der Waals surface area (Å²) in [4.78, 5) is 13.0. The van der Waals surface area contributed by atoms with Gasteiger partial charge in [-0.1, -0.05) is 41.5 Å². The highest BCUT2D eigenvalue weighted by Crippen LogP contribution is 2.42. The molecule has 2 aromatic rings. The van der Waals surface area contributed by atoms with Crippen LogP contribution in [0.4, 0.5) is 5.69 Å². The third-order valence-corrected chi connectivity index (χ3v) is 6.72. The zero-order valence-electron chi connectivity index (χ0n) is 19.3. The number of phenolic OH excluding ortho intramolecular Hbond substituents is 1. The van der Waals surface area contributed by atoms with E-state index in [1.165, 1.54) is 17.1 Å². The number of carbonyl (C=O) groups excluding carboxylic acids is 1. The normalized spacial score (nSPS) is 18.0. The fraction of sp³-hybridized carbons (Fsp3) is 0.458. The predicted molar refractivity (Wildman–Crippen MR) is 123 cm³/mol. The van der Waals surface area contributed by atoms with Crippen molar-refractivity contribution in [1.29, 1.82) is 0 Å². The van der Waals surface area contributed by atoms with E-state index in [2.05, 4.69) is 47.0 Å². The molecule has 1 fully saturated rings. The average molecular weight is 445 g/mol. The van der Waals surface area contributed by atoms with Gasteiger partial charge in [-0.2, -0.15) is 0 Å². The number of phenols is 1. The van der Waals surface area contributed by atoms with Crippen LogP contribution in [-0.2, 0) is 25.5 Å². The van der Waals surface area contributed by atoms with Crippen molar-refractivity contribution in [2.75, 3.05) is 11.3 Å². The standard InChI is InChI=1S/C24H32N2O4S/c1-23(2,3)18-12-15(13-19(22(18)28)24(4,5)6)20-14-21(27)26(25-20)16-8-10-17(11-9-16)31(7,29)30/h8-13,20,25,28H,14H2,1-7H3. The molecule has 1 aliphatic heterocycles. The molecule has 0 radical (unpaired) electrons. The molecule has 168 valence electrons. The van der Waals surface area contributed by atoms with Crippen LogP contribution in [0.25, 0.3) is 0 Å². The number of rotatable bonds is 3. The Morgan fingerprint density at radius 1 is 0.968 bits per heavy atom. The molecule has 1 unspecified atom stereocenters. The van der Waals surface area contributed by atoms with Crippen LogP contribution in [0, 0.1) is 0 Å². The molecule has 1 amide bonds. The number of amides is 1. The summed E-state index contributed by atoms with van der Waals surface area (Å²) in [6, 6.07) is 9.97. The second-order valence-corrected chi connectivity index (χ2v) is 12.4. The zero-order chi connectivity index (χ0) is 23.4. The molecule has 1 saturated heterocycles. The molecule has 1 atom stereocenters. The second kappa shape index (κ2) is 7.64. The van der Waals surface area contributed by atoms with Crippen LogP contribution in [0.1, 0.15) is 70.7 Å². The van der Waals surface area contributed by atoms with Crippen LogP contribution in [-0.4, -0.2) is 25.7 Å². The Balaban J connectivity index is 1.98. The SMILES string of the molecule is CC(C)(C)c1cc(C2CC(=O)N(c3ccc(S(C)(=O)=O)cc3)N2)cc(C(C)(C)C)c1O. The average Bonchev–Trinajstić information content (AvgIpc) is 3.01. The first-order valence-corrected chi connectivity index (χ1v) is 12.3. The molecule has 0 spiro atoms. The maximum atomic E-state index is 12.8. The summed E-state index contributed by atoms with van der Waals surface area (Å²) in [6.45, 7) is 12.3. The summed E-state index contributed by atoms with van der Waals surface area (Å²) >= 11 is 0. The molecule has 1 heterocycles. The Kier molecular flexibility index (Phi) is 5.74. The Hall–Kier alpha value is -2.38. The maximum Gasteiger partial charge on any atom is 0.243 e. The van der Waals surface area contributed by atoms with Crippen LogP contribution in [0.15, 0.2) is 41.3 Å². The van der Waals surface area contributed by atoms with Gasteiger partial charge in [-0.25, -0.2) is 18.9 Å². The van der Waals surface area contributed by atoms with Crippen molar-refractivity contribution in [3.05, 3.63) is 53.1 Å². The van der Waals surface area contributed by atoms with E-state index in [0.717, 1.165) is 22.9 Å². The Bertz CT molecular complexity index is 1070. The van der Waals surface area contributed by atoms with E-state index >= 15 is 0 Å². The molecule has 31 heavy (non-hydrogen) atoms. The van der Waals surface area contributed by atoms with Gasteiger partial charge in [-0.05, 0) is 63.9 Å². The molecule has 6 nitrogen and oxygen atoms in total. The highest BCUT2D eigenvalue weighted by molar-refractivity contribution is 7.90. The third kappa shape index (κ3) is 4.77. The van der Waals surface area contributed by atoms with Crippen LogP contribution < -0.4 is 10.4 Å². The molecule has 0 aromatic heterocycles. The summed E-state index contributed by atoms with van der Waals surface area (Å²) in [5.74, 6) is 0.209. The first-order valence-electron chi connectivity index (χ1n) is 10.4. The summed E-state index contributed by atoms with van der Waals surface area (Å²) in [5.41, 5.74) is 5.97. The van der Waals surface area contributed by atoms with Crippen molar-refractivity contribution in [3.8, 4) is 5.75 Å². The van der Waals surface area contributed by atoms with Gasteiger partial charge in [-0.15, -0.1) is 0 Å². The van der Waals surface area contributed by atoms with E-state index in [9.17, 15) is 18.3 Å². The quantitative estimate of drug-likeness (QED) is 0.734. The van der Waals surface area contributed by atoms with E-state index in [4.69, 9.17) is 0 Å². The lowest BCUT2D eigenvalue weighted by atomic mass is 9.77. The van der Waals surface area contributed by atoms with Gasteiger partial charge in [0.25, 0.3) is 0 Å². The molecule has 7 heteroatoms. The lowest BCUT2D eigenvalue weighted by Crippen LogP contribution is -2.35. The number of nitrogens with one attached hydrogen (secondary N) is 1. The molecule has 1 aliphatic rings. The van der Waals surface area contributed by atoms with Gasteiger partial charge < -0.3 is 5.11 Å². The number of hydrazine groups is 1. The van der Waals surface area contributed by atoms with E-state index in [1.54, 1.807) is 12.1 Å². The highest BCUT2D eigenvalue weighted by atomic mass is 32.2. The number of anilines is 1. The van der Waals surface area contributed by atoms with Gasteiger partial charge in [0.2, 0.25) is 5.91 Å². The Morgan fingerprint density at radius 3 is 1.87 bits per heavy atom. The van der Waals surface area contributed by atoms with Crippen LogP contribution in [0.3, 0.4) is 0 Å². The van der Waals surface area contributed by atoms with Crippen molar-refractivity contribution < 1.29 is 18.3 Å². The summed E-state index contributed by atoms with van der Waals surface area (Å²) in [6.07, 6.45) is 1.42. The lowest BCUT2D eigenvalue weighted by Gasteiger charge is -2.29. The number of aromatic hydroxyl groups is 1. The number of hydrogen-bond acceptors (Lipinski definition) is 5. The minimum absolute atomic E-state index is 0.0974. The predicted octanol–water partition coefficient (Wildman–Crippen LogP) is 4.37. The topological polar surface area (TPSA) is 86.7 Å². The molecular formula is C24H32N2O4S. The molecule has 2 aromatic carbocycles. The van der Waals surface area contributed by atoms with Crippen LogP contribution in [0.2, 0.25) is 0 Å². The highest BCUT2D eigenvalue weighted by Gasteiger charge is 2.34. The zero-order valence-corrected chi connectivity index (χ0v) is 20.1. The molecular weight excluding hydrogens is 412 g/mol. The Labute approximate surface area is 185 Å². The van der Waals surface area contributed by atoms with Crippen LogP contribution >= 0.6 is 0 Å². The monoisotopic (exact) mass is 444 g/mol. The Morgan fingerprint density at radius 2 is 1.45 bits per heavy atom. The van der Waals surface area contributed by atoms with Crippen molar-refractivity contribution in [3.63, 3.8) is 0 Å². The van der Waals surface area contributed by atoms with Gasteiger partial charge >= 0.3 is 0 Å². The first-order chi connectivity index (χ1) is 14.1. The summed E-state index contributed by atoms with van der Waals surface area (Å²) in [7, 11) is -3.30. The first kappa shape index (κ1) is 23.3. The van der Waals surface area contributed by atoms with Crippen molar-refractivity contribution in [1.82, 2.24) is 5.43 Å². The lowest BCUT2D eigenvalue weighted by molar-refractivity contribution is -0.117. The molecule has 0 aliphatic carbocycles. The van der Waals surface area contributed by atoms with Crippen LogP contribution in [0.5, 0.6) is 5.75 Å². The maximum absolute atomic E-state index is 12.8. The smallest absolute Gasteiger partial charge is 0.243 e. The van der Waals surface area contributed by atoms with E-state index in [-0.39, 0.29) is 34.1 Å². The van der Waals surface area contributed by atoms with E-state index in [1.807, 2.05) is 12.1 Å². The molecule has 2 N–H and O–H groups in total. The minimum Gasteiger partial charge on any atom is -0.507 e. The number of sulfone groups is 1. The number of hydrogen-bond donors (Lipinski definition) is 2. The van der Waals surface area contributed by atoms with Gasteiger partial charge in [0.15, 0.2) is 9.84 Å².